The lowest BCUT2D eigenvalue weighted by molar-refractivity contribution is 0.0183. The second kappa shape index (κ2) is 9.12. The fraction of sp³-hybridized carbons (Fsp3) is 1.00. The lowest BCUT2D eigenvalue weighted by Crippen LogP contribution is -2.44. The molecule has 17 heavy (non-hydrogen) atoms. The number of hydrogen-bond donors (Lipinski definition) is 1. The quantitative estimate of drug-likeness (QED) is 0.592. The van der Waals surface area contributed by atoms with Crippen LogP contribution in [-0.4, -0.2) is 25.6 Å². The number of hydrogen-bond acceptors (Lipinski definition) is 2. The van der Waals surface area contributed by atoms with E-state index in [1.54, 1.807) is 0 Å². The minimum absolute atomic E-state index is 0.0754. The van der Waals surface area contributed by atoms with Crippen molar-refractivity contribution in [3.8, 4) is 0 Å². The first kappa shape index (κ1) is 17.1. The molecular formula is C14H32O2Si. The average molecular weight is 260 g/mol. The largest absolute Gasteiger partial charge is 0.411 e. The molecule has 0 rings (SSSR count). The van der Waals surface area contributed by atoms with E-state index in [0.717, 1.165) is 25.7 Å². The van der Waals surface area contributed by atoms with Crippen LogP contribution in [-0.2, 0) is 4.43 Å². The Balaban J connectivity index is 4.59. The smallest absolute Gasteiger partial charge is 0.192 e. The number of rotatable bonds is 10. The molecule has 1 N–H and O–H groups in total. The van der Waals surface area contributed by atoms with E-state index in [2.05, 4.69) is 34.6 Å². The normalized spacial score (nSPS) is 15.9. The van der Waals surface area contributed by atoms with Crippen molar-refractivity contribution in [3.63, 3.8) is 0 Å². The van der Waals surface area contributed by atoms with E-state index in [1.807, 2.05) is 0 Å². The summed E-state index contributed by atoms with van der Waals surface area (Å²) in [6.45, 7) is 11.0. The van der Waals surface area contributed by atoms with E-state index in [0.29, 0.717) is 0 Å². The third kappa shape index (κ3) is 5.54. The van der Waals surface area contributed by atoms with Crippen LogP contribution in [0.2, 0.25) is 18.1 Å². The van der Waals surface area contributed by atoms with Gasteiger partial charge in [-0.3, -0.25) is 0 Å². The summed E-state index contributed by atoms with van der Waals surface area (Å²) in [6, 6.07) is 3.50. The van der Waals surface area contributed by atoms with Crippen molar-refractivity contribution >= 4 is 8.32 Å². The Hall–Kier alpha value is 0.137. The van der Waals surface area contributed by atoms with Gasteiger partial charge < -0.3 is 9.53 Å². The maximum Gasteiger partial charge on any atom is 0.192 e. The third-order valence-corrected chi connectivity index (χ3v) is 8.59. The molecule has 104 valence electrons. The van der Waals surface area contributed by atoms with Gasteiger partial charge in [0.15, 0.2) is 8.32 Å². The molecule has 0 radical (unpaired) electrons. The second-order valence-electron chi connectivity index (χ2n) is 5.04. The molecule has 0 aliphatic carbocycles. The van der Waals surface area contributed by atoms with Gasteiger partial charge in [-0.1, -0.05) is 47.5 Å². The highest BCUT2D eigenvalue weighted by Gasteiger charge is 2.33. The average Bonchev–Trinajstić information content (AvgIpc) is 2.35. The molecule has 2 nitrogen and oxygen atoms in total. The first-order valence-corrected chi connectivity index (χ1v) is 9.97. The molecule has 0 aliphatic rings. The standard InChI is InChI=1S/C14H32O2Si/c1-6-11-13(15)14(12-7-2)16-17(8-3,9-4)10-5/h13-15H,6-12H2,1-5H3/t13-,14-/m0/s1. The van der Waals surface area contributed by atoms with E-state index in [1.165, 1.54) is 18.1 Å². The van der Waals surface area contributed by atoms with Crippen molar-refractivity contribution in [2.45, 2.75) is 90.6 Å². The summed E-state index contributed by atoms with van der Waals surface area (Å²) < 4.78 is 6.43. The van der Waals surface area contributed by atoms with Gasteiger partial charge in [0.05, 0.1) is 12.2 Å². The van der Waals surface area contributed by atoms with E-state index in [-0.39, 0.29) is 12.2 Å². The van der Waals surface area contributed by atoms with Gasteiger partial charge in [0.1, 0.15) is 0 Å². The molecule has 2 atom stereocenters. The fourth-order valence-corrected chi connectivity index (χ4v) is 5.33. The highest BCUT2D eigenvalue weighted by molar-refractivity contribution is 6.73. The molecular weight excluding hydrogens is 228 g/mol. The SMILES string of the molecule is CCC[C@H](O[Si](CC)(CC)CC)[C@@H](O)CCC. The van der Waals surface area contributed by atoms with Gasteiger partial charge in [-0.2, -0.15) is 0 Å². The van der Waals surface area contributed by atoms with Crippen molar-refractivity contribution in [3.05, 3.63) is 0 Å². The van der Waals surface area contributed by atoms with E-state index >= 15 is 0 Å². The zero-order valence-corrected chi connectivity index (χ0v) is 13.5. The van der Waals surface area contributed by atoms with Crippen LogP contribution in [0.4, 0.5) is 0 Å². The Morgan fingerprint density at radius 2 is 1.35 bits per heavy atom. The summed E-state index contributed by atoms with van der Waals surface area (Å²) >= 11 is 0. The predicted octanol–water partition coefficient (Wildman–Crippen LogP) is 4.34. The molecule has 0 heterocycles. The summed E-state index contributed by atoms with van der Waals surface area (Å²) in [4.78, 5) is 0. The lowest BCUT2D eigenvalue weighted by Gasteiger charge is -2.35. The maximum atomic E-state index is 10.2. The second-order valence-corrected chi connectivity index (χ2v) is 9.77. The van der Waals surface area contributed by atoms with Crippen LogP contribution < -0.4 is 0 Å². The third-order valence-electron chi connectivity index (χ3n) is 3.92. The van der Waals surface area contributed by atoms with Gasteiger partial charge in [0.25, 0.3) is 0 Å². The van der Waals surface area contributed by atoms with Gasteiger partial charge >= 0.3 is 0 Å². The molecule has 0 aromatic rings. The molecule has 0 aromatic heterocycles. The molecule has 0 aromatic carbocycles. The maximum absolute atomic E-state index is 10.2. The van der Waals surface area contributed by atoms with Crippen LogP contribution >= 0.6 is 0 Å². The Bertz CT molecular complexity index is 173. The summed E-state index contributed by atoms with van der Waals surface area (Å²) in [6.07, 6.45) is 3.79. The number of aliphatic hydroxyl groups is 1. The summed E-state index contributed by atoms with van der Waals surface area (Å²) in [5.74, 6) is 0. The van der Waals surface area contributed by atoms with Crippen LogP contribution in [0.25, 0.3) is 0 Å². The van der Waals surface area contributed by atoms with Gasteiger partial charge in [-0.25, -0.2) is 0 Å². The Labute approximate surface area is 109 Å². The first-order valence-electron chi connectivity index (χ1n) is 7.44. The zero-order valence-electron chi connectivity index (χ0n) is 12.5. The van der Waals surface area contributed by atoms with Gasteiger partial charge in [0.2, 0.25) is 0 Å². The summed E-state index contributed by atoms with van der Waals surface area (Å²) in [5, 5.41) is 10.2. The minimum atomic E-state index is -1.57. The Morgan fingerprint density at radius 1 is 0.882 bits per heavy atom. The molecule has 0 saturated heterocycles. The van der Waals surface area contributed by atoms with E-state index in [4.69, 9.17) is 4.43 Å². The number of aliphatic hydroxyl groups excluding tert-OH is 1. The van der Waals surface area contributed by atoms with Gasteiger partial charge in [-0.05, 0) is 31.0 Å². The zero-order chi connectivity index (χ0) is 13.3. The molecule has 0 spiro atoms. The Morgan fingerprint density at radius 3 is 1.71 bits per heavy atom. The van der Waals surface area contributed by atoms with Crippen LogP contribution in [0.3, 0.4) is 0 Å². The summed E-state index contributed by atoms with van der Waals surface area (Å²) in [7, 11) is -1.57. The van der Waals surface area contributed by atoms with Crippen molar-refractivity contribution in [1.82, 2.24) is 0 Å². The predicted molar refractivity (Wildman–Crippen MR) is 77.9 cm³/mol. The highest BCUT2D eigenvalue weighted by Crippen LogP contribution is 2.26. The molecule has 0 bridgehead atoms. The fourth-order valence-electron chi connectivity index (χ4n) is 2.42. The van der Waals surface area contributed by atoms with E-state index in [9.17, 15) is 5.11 Å². The summed E-state index contributed by atoms with van der Waals surface area (Å²) in [5.41, 5.74) is 0. The molecule has 0 saturated carbocycles. The van der Waals surface area contributed by atoms with Crippen molar-refractivity contribution in [1.29, 1.82) is 0 Å². The first-order chi connectivity index (χ1) is 8.09. The van der Waals surface area contributed by atoms with Crippen molar-refractivity contribution in [2.75, 3.05) is 0 Å². The van der Waals surface area contributed by atoms with Crippen LogP contribution in [0.1, 0.15) is 60.3 Å². The van der Waals surface area contributed by atoms with Gasteiger partial charge in [0, 0.05) is 0 Å². The monoisotopic (exact) mass is 260 g/mol. The Kier molecular flexibility index (Phi) is 9.19. The molecule has 0 amide bonds. The van der Waals surface area contributed by atoms with Crippen molar-refractivity contribution in [2.24, 2.45) is 0 Å². The molecule has 0 aliphatic heterocycles. The van der Waals surface area contributed by atoms with Crippen molar-refractivity contribution < 1.29 is 9.53 Å². The lowest BCUT2D eigenvalue weighted by atomic mass is 10.1. The van der Waals surface area contributed by atoms with E-state index < -0.39 is 8.32 Å². The molecule has 0 unspecified atom stereocenters. The van der Waals surface area contributed by atoms with Crippen LogP contribution in [0.15, 0.2) is 0 Å². The molecule has 3 heteroatoms. The topological polar surface area (TPSA) is 29.5 Å². The van der Waals surface area contributed by atoms with Crippen LogP contribution in [0, 0.1) is 0 Å². The van der Waals surface area contributed by atoms with Crippen LogP contribution in [0.5, 0.6) is 0 Å². The highest BCUT2D eigenvalue weighted by atomic mass is 28.4. The molecule has 0 fully saturated rings. The van der Waals surface area contributed by atoms with Gasteiger partial charge in [-0.15, -0.1) is 0 Å². The minimum Gasteiger partial charge on any atom is -0.411 e.